The summed E-state index contributed by atoms with van der Waals surface area (Å²) in [6.45, 7) is 0. The summed E-state index contributed by atoms with van der Waals surface area (Å²) in [6, 6.07) is 24.1. The van der Waals surface area contributed by atoms with Crippen molar-refractivity contribution in [1.82, 2.24) is 0 Å². The Kier molecular flexibility index (Phi) is 15.3. The monoisotopic (exact) mass is 1180 g/mol. The number of para-hydroxylation sites is 2. The van der Waals surface area contributed by atoms with Crippen molar-refractivity contribution in [1.29, 1.82) is 0 Å². The van der Waals surface area contributed by atoms with Crippen LogP contribution < -0.4 is 52.5 Å². The molecule has 0 aliphatic heterocycles. The smallest absolute Gasteiger partial charge is 0.421 e. The molecule has 6 aromatic carbocycles. The van der Waals surface area contributed by atoms with Gasteiger partial charge in [0.15, 0.2) is 69.8 Å². The molecule has 0 fully saturated rings. The molecule has 0 N–H and O–H groups in total. The standard InChI is InChI=1S/C24BF20.C22H14IO6/c26-5-1(6(27)14(35)21(42)13(5)34)25(2-7(28)15(36)22(43)16(37)8(2)29,3-9(30)17(38)23(44)18(39)10(3)31)4-11(32)19(40)24(45)20(41)12(4)33;24-21(26-15-7-3-1-4-8-15)17-11-13-19(28-17)23-20-14-12-18(29-20)22(25)27-16-9-5-2-6-10-16/h;1-14H/q-1;+1. The Balaban J connectivity index is 0.000000237. The van der Waals surface area contributed by atoms with Crippen molar-refractivity contribution in [2.24, 2.45) is 0 Å². The first-order valence-electron chi connectivity index (χ1n) is 19.5. The first-order valence-corrected chi connectivity index (χ1v) is 21.7. The highest BCUT2D eigenvalue weighted by molar-refractivity contribution is 7.20. The number of hydrogen-bond acceptors (Lipinski definition) is 6. The molecule has 74 heavy (non-hydrogen) atoms. The lowest BCUT2D eigenvalue weighted by atomic mass is 9.12. The van der Waals surface area contributed by atoms with Gasteiger partial charge < -0.3 is 18.3 Å². The van der Waals surface area contributed by atoms with Gasteiger partial charge in [0.05, 0.1) is 0 Å². The number of rotatable bonds is 10. The number of hydrogen-bond donors (Lipinski definition) is 0. The third kappa shape index (κ3) is 9.29. The molecular formula is C46H14BF20IO6. The number of benzene rings is 6. The molecule has 0 saturated carbocycles. The van der Waals surface area contributed by atoms with Gasteiger partial charge in [-0.25, -0.2) is 97.4 Å². The molecule has 2 aromatic heterocycles. The molecule has 384 valence electrons. The van der Waals surface area contributed by atoms with E-state index in [9.17, 15) is 62.3 Å². The van der Waals surface area contributed by atoms with Crippen molar-refractivity contribution < 1.29 is 137 Å². The Morgan fingerprint density at radius 1 is 0.311 bits per heavy atom. The number of furan rings is 2. The quantitative estimate of drug-likeness (QED) is 0.0273. The van der Waals surface area contributed by atoms with Gasteiger partial charge in [-0.3, -0.25) is 0 Å². The van der Waals surface area contributed by atoms with E-state index in [2.05, 4.69) is 0 Å². The predicted molar refractivity (Wildman–Crippen MR) is 207 cm³/mol. The summed E-state index contributed by atoms with van der Waals surface area (Å²) >= 11 is -0.851. The summed E-state index contributed by atoms with van der Waals surface area (Å²) in [6.07, 6.45) is -7.22. The zero-order chi connectivity index (χ0) is 54.4. The van der Waals surface area contributed by atoms with Crippen LogP contribution in [0.2, 0.25) is 0 Å². The molecule has 28 heteroatoms. The average molecular weight is 1180 g/mol. The predicted octanol–water partition coefficient (Wildman–Crippen LogP) is 7.29. The van der Waals surface area contributed by atoms with Gasteiger partial charge in [0, 0.05) is 12.1 Å². The third-order valence-corrected chi connectivity index (χ3v) is 12.6. The molecule has 0 aliphatic carbocycles. The first kappa shape index (κ1) is 54.0. The number of halogens is 21. The molecule has 0 aliphatic rings. The van der Waals surface area contributed by atoms with E-state index in [-0.39, 0.29) is 11.5 Å². The maximum atomic E-state index is 15.4. The molecule has 2 heterocycles. The largest absolute Gasteiger partial charge is 0.443 e. The van der Waals surface area contributed by atoms with Gasteiger partial charge in [-0.1, -0.05) is 36.4 Å². The highest BCUT2D eigenvalue weighted by Crippen LogP contribution is 2.31. The first-order chi connectivity index (χ1) is 34.9. The number of ether oxygens (including phenoxy) is 2. The molecule has 8 aromatic rings. The van der Waals surface area contributed by atoms with Crippen molar-refractivity contribution in [2.45, 2.75) is 0 Å². The normalized spacial score (nSPS) is 11.4. The van der Waals surface area contributed by atoms with Crippen molar-refractivity contribution >= 4 is 39.9 Å². The fourth-order valence-electron chi connectivity index (χ4n) is 7.21. The second-order valence-electron chi connectivity index (χ2n) is 14.5. The van der Waals surface area contributed by atoms with Gasteiger partial charge in [-0.2, -0.15) is 0 Å². The molecule has 0 radical (unpaired) electrons. The maximum Gasteiger partial charge on any atom is 0.443 e. The van der Waals surface area contributed by atoms with Gasteiger partial charge in [-0.05, 0) is 36.4 Å². The van der Waals surface area contributed by atoms with Crippen LogP contribution in [0.15, 0.2) is 93.8 Å². The van der Waals surface area contributed by atoms with Crippen LogP contribution in [0.5, 0.6) is 11.5 Å². The molecule has 0 spiro atoms. The SMILES string of the molecule is Fc1c(F)c(F)c([B-](c2c(F)c(F)c(F)c(F)c2F)(c2c(F)c(F)c(F)c(F)c2F)c2c(F)c(F)c(F)c(F)c2F)c(F)c1F.O=C(Oc1ccccc1)c1ccc([I+]c2ccc(C(=O)Oc3ccccc3)o2)o1. The Morgan fingerprint density at radius 3 is 0.757 bits per heavy atom. The van der Waals surface area contributed by atoms with Crippen molar-refractivity contribution in [2.75, 3.05) is 0 Å². The van der Waals surface area contributed by atoms with Crippen LogP contribution in [0, 0.1) is 124 Å². The van der Waals surface area contributed by atoms with E-state index in [1.54, 1.807) is 72.8 Å². The fraction of sp³-hybridized carbons (Fsp3) is 0. The van der Waals surface area contributed by atoms with Gasteiger partial charge in [-0.15, -0.1) is 21.9 Å². The zero-order valence-electron chi connectivity index (χ0n) is 35.0. The highest BCUT2D eigenvalue weighted by atomic mass is 127. The molecule has 0 unspecified atom stereocenters. The van der Waals surface area contributed by atoms with Crippen LogP contribution in [0.3, 0.4) is 0 Å². The van der Waals surface area contributed by atoms with Crippen LogP contribution in [-0.2, 0) is 0 Å². The Hall–Kier alpha value is -7.79. The van der Waals surface area contributed by atoms with Crippen molar-refractivity contribution in [3.05, 3.63) is 220 Å². The molecule has 0 amide bonds. The topological polar surface area (TPSA) is 78.9 Å². The average Bonchev–Trinajstić information content (AvgIpc) is 4.07. The van der Waals surface area contributed by atoms with E-state index >= 15 is 35.1 Å². The van der Waals surface area contributed by atoms with Gasteiger partial charge >= 0.3 is 40.7 Å². The minimum atomic E-state index is -7.22. The Labute approximate surface area is 407 Å². The summed E-state index contributed by atoms with van der Waals surface area (Å²) in [5.41, 5.74) is -14.3. The minimum Gasteiger partial charge on any atom is -0.421 e. The summed E-state index contributed by atoms with van der Waals surface area (Å²) in [5, 5.41) is 0. The molecule has 0 saturated heterocycles. The van der Waals surface area contributed by atoms with E-state index in [0.29, 0.717) is 19.0 Å². The van der Waals surface area contributed by atoms with E-state index in [4.69, 9.17) is 18.3 Å². The van der Waals surface area contributed by atoms with E-state index in [1.807, 2.05) is 12.1 Å². The van der Waals surface area contributed by atoms with Crippen LogP contribution >= 0.6 is 0 Å². The maximum absolute atomic E-state index is 15.4. The second kappa shape index (κ2) is 21.0. The van der Waals surface area contributed by atoms with E-state index in [1.165, 1.54) is 0 Å². The molecule has 6 nitrogen and oxygen atoms in total. The fourth-order valence-corrected chi connectivity index (χ4v) is 9.15. The zero-order valence-corrected chi connectivity index (χ0v) is 37.2. The van der Waals surface area contributed by atoms with Gasteiger partial charge in [0.1, 0.15) is 64.2 Å². The minimum absolute atomic E-state index is 0.110. The molecule has 8 rings (SSSR count). The number of esters is 2. The third-order valence-electron chi connectivity index (χ3n) is 10.3. The number of carbonyl (C=O) groups excluding carboxylic acids is 2. The highest BCUT2D eigenvalue weighted by Gasteiger charge is 2.52. The Morgan fingerprint density at radius 2 is 0.527 bits per heavy atom. The molecular weight excluding hydrogens is 1170 g/mol. The summed E-state index contributed by atoms with van der Waals surface area (Å²) in [5.74, 6) is -71.4. The lowest BCUT2D eigenvalue weighted by Gasteiger charge is -2.44. The summed E-state index contributed by atoms with van der Waals surface area (Å²) < 4.78 is 317. The van der Waals surface area contributed by atoms with Crippen molar-refractivity contribution in [3.8, 4) is 11.5 Å². The lowest BCUT2D eigenvalue weighted by molar-refractivity contribution is -0.636. The van der Waals surface area contributed by atoms with Crippen LogP contribution in [0.1, 0.15) is 21.1 Å². The van der Waals surface area contributed by atoms with Crippen LogP contribution in [0.4, 0.5) is 87.8 Å². The van der Waals surface area contributed by atoms with E-state index in [0.717, 1.165) is 0 Å². The van der Waals surface area contributed by atoms with Crippen LogP contribution in [0.25, 0.3) is 0 Å². The van der Waals surface area contributed by atoms with E-state index < -0.39 is 177 Å². The molecule has 0 atom stereocenters. The molecule has 0 bridgehead atoms. The van der Waals surface area contributed by atoms with Gasteiger partial charge in [0.25, 0.3) is 0 Å². The summed E-state index contributed by atoms with van der Waals surface area (Å²) in [4.78, 5) is 24.3. The summed E-state index contributed by atoms with van der Waals surface area (Å²) in [7, 11) is 0. The van der Waals surface area contributed by atoms with Crippen LogP contribution in [-0.4, -0.2) is 18.1 Å². The Bertz CT molecular complexity index is 3070. The second-order valence-corrected chi connectivity index (χ2v) is 17.2. The van der Waals surface area contributed by atoms with Gasteiger partial charge in [0.2, 0.25) is 11.5 Å². The lowest BCUT2D eigenvalue weighted by Crippen LogP contribution is -3.61. The van der Waals surface area contributed by atoms with Crippen molar-refractivity contribution in [3.63, 3.8) is 0 Å². The number of carbonyl (C=O) groups is 2.